The number of methoxy groups -OCH3 is 1. The summed E-state index contributed by atoms with van der Waals surface area (Å²) in [6.07, 6.45) is 0.291. The molecule has 0 saturated carbocycles. The van der Waals surface area contributed by atoms with Crippen LogP contribution in [0.25, 0.3) is 0 Å². The Morgan fingerprint density at radius 1 is 1.30 bits per heavy atom. The lowest BCUT2D eigenvalue weighted by Crippen LogP contribution is -2.50. The Morgan fingerprint density at radius 2 is 2.00 bits per heavy atom. The number of piperazine rings is 1. The molecule has 0 amide bonds. The summed E-state index contributed by atoms with van der Waals surface area (Å²) in [5, 5.41) is 0. The van der Waals surface area contributed by atoms with Gasteiger partial charge in [0, 0.05) is 26.7 Å². The molecule has 0 aromatic carbocycles. The average Bonchev–Trinajstić information content (AvgIpc) is 1.94. The van der Waals surface area contributed by atoms with Crippen molar-refractivity contribution < 1.29 is 4.74 Å². The van der Waals surface area contributed by atoms with E-state index in [1.54, 1.807) is 7.11 Å². The molecular formula is C7H16N2O. The Kier molecular flexibility index (Phi) is 2.65. The van der Waals surface area contributed by atoms with Crippen LogP contribution in [-0.4, -0.2) is 56.9 Å². The first-order valence-electron chi connectivity index (χ1n) is 3.65. The van der Waals surface area contributed by atoms with E-state index in [1.807, 2.05) is 0 Å². The van der Waals surface area contributed by atoms with Gasteiger partial charge >= 0.3 is 0 Å². The van der Waals surface area contributed by atoms with Crippen molar-refractivity contribution in [3.8, 4) is 0 Å². The van der Waals surface area contributed by atoms with E-state index in [0.29, 0.717) is 6.23 Å². The summed E-state index contributed by atoms with van der Waals surface area (Å²) < 4.78 is 5.26. The lowest BCUT2D eigenvalue weighted by molar-refractivity contribution is -0.0622. The molecule has 3 nitrogen and oxygen atoms in total. The molecule has 0 radical (unpaired) electrons. The van der Waals surface area contributed by atoms with Crippen LogP contribution in [0.15, 0.2) is 0 Å². The molecule has 10 heavy (non-hydrogen) atoms. The number of hydrogen-bond donors (Lipinski definition) is 0. The molecule has 0 aromatic rings. The van der Waals surface area contributed by atoms with Gasteiger partial charge in [0.05, 0.1) is 0 Å². The van der Waals surface area contributed by atoms with Crippen LogP contribution in [-0.2, 0) is 4.74 Å². The maximum atomic E-state index is 5.26. The van der Waals surface area contributed by atoms with Gasteiger partial charge in [0.1, 0.15) is 6.23 Å². The van der Waals surface area contributed by atoms with Crippen LogP contribution < -0.4 is 0 Å². The molecule has 0 N–H and O–H groups in total. The highest BCUT2D eigenvalue weighted by molar-refractivity contribution is 4.70. The van der Waals surface area contributed by atoms with Crippen LogP contribution in [0.5, 0.6) is 0 Å². The minimum absolute atomic E-state index is 0.291. The van der Waals surface area contributed by atoms with Crippen LogP contribution in [0.3, 0.4) is 0 Å². The van der Waals surface area contributed by atoms with Crippen molar-refractivity contribution in [1.82, 2.24) is 9.80 Å². The Balaban J connectivity index is 2.38. The molecule has 1 heterocycles. The number of nitrogens with zero attached hydrogens (tertiary/aromatic N) is 2. The van der Waals surface area contributed by atoms with E-state index >= 15 is 0 Å². The lowest BCUT2D eigenvalue weighted by Gasteiger charge is -2.36. The molecule has 0 bridgehead atoms. The number of likely N-dealkylation sites (N-methyl/N-ethyl adjacent to an activating group) is 2. The van der Waals surface area contributed by atoms with E-state index in [0.717, 1.165) is 19.6 Å². The fraction of sp³-hybridized carbons (Fsp3) is 1.00. The molecule has 0 aliphatic carbocycles. The highest BCUT2D eigenvalue weighted by Gasteiger charge is 2.20. The van der Waals surface area contributed by atoms with E-state index in [4.69, 9.17) is 4.74 Å². The van der Waals surface area contributed by atoms with Crippen LogP contribution >= 0.6 is 0 Å². The Morgan fingerprint density at radius 3 is 2.50 bits per heavy atom. The fourth-order valence-electron chi connectivity index (χ4n) is 1.22. The molecular weight excluding hydrogens is 128 g/mol. The van der Waals surface area contributed by atoms with Gasteiger partial charge in [-0.25, -0.2) is 0 Å². The van der Waals surface area contributed by atoms with Gasteiger partial charge in [-0.1, -0.05) is 0 Å². The smallest absolute Gasteiger partial charge is 0.122 e. The van der Waals surface area contributed by atoms with E-state index < -0.39 is 0 Å². The van der Waals surface area contributed by atoms with Crippen molar-refractivity contribution >= 4 is 0 Å². The van der Waals surface area contributed by atoms with Crippen molar-refractivity contribution in [3.63, 3.8) is 0 Å². The van der Waals surface area contributed by atoms with E-state index in [1.165, 1.54) is 0 Å². The Bertz CT molecular complexity index is 108. The van der Waals surface area contributed by atoms with Crippen LogP contribution in [0.1, 0.15) is 0 Å². The number of ether oxygens (including phenoxy) is 1. The van der Waals surface area contributed by atoms with Crippen molar-refractivity contribution in [1.29, 1.82) is 0 Å². The van der Waals surface area contributed by atoms with Gasteiger partial charge in [-0.05, 0) is 14.1 Å². The van der Waals surface area contributed by atoms with E-state index in [2.05, 4.69) is 23.9 Å². The number of rotatable bonds is 1. The third kappa shape index (κ3) is 1.68. The predicted molar refractivity (Wildman–Crippen MR) is 40.9 cm³/mol. The molecule has 1 unspecified atom stereocenters. The number of hydrogen-bond acceptors (Lipinski definition) is 3. The third-order valence-electron chi connectivity index (χ3n) is 2.07. The Hall–Kier alpha value is -0.120. The Labute approximate surface area is 62.6 Å². The summed E-state index contributed by atoms with van der Waals surface area (Å²) in [6, 6.07) is 0. The summed E-state index contributed by atoms with van der Waals surface area (Å²) in [7, 11) is 5.99. The normalized spacial score (nSPS) is 30.9. The maximum absolute atomic E-state index is 5.26. The maximum Gasteiger partial charge on any atom is 0.122 e. The highest BCUT2D eigenvalue weighted by atomic mass is 16.5. The monoisotopic (exact) mass is 144 g/mol. The van der Waals surface area contributed by atoms with E-state index in [9.17, 15) is 0 Å². The molecule has 1 rings (SSSR count). The summed E-state index contributed by atoms with van der Waals surface area (Å²) in [5.74, 6) is 0. The highest BCUT2D eigenvalue weighted by Crippen LogP contribution is 2.04. The predicted octanol–water partition coefficient (Wildman–Crippen LogP) is -0.164. The van der Waals surface area contributed by atoms with Gasteiger partial charge in [-0.15, -0.1) is 0 Å². The molecule has 1 saturated heterocycles. The minimum Gasteiger partial charge on any atom is -0.365 e. The molecule has 1 fully saturated rings. The molecule has 1 aliphatic rings. The largest absolute Gasteiger partial charge is 0.365 e. The van der Waals surface area contributed by atoms with Crippen LogP contribution in [0, 0.1) is 0 Å². The van der Waals surface area contributed by atoms with Gasteiger partial charge in [0.15, 0.2) is 0 Å². The summed E-state index contributed by atoms with van der Waals surface area (Å²) in [5.41, 5.74) is 0. The van der Waals surface area contributed by atoms with Gasteiger partial charge in [-0.3, -0.25) is 4.90 Å². The summed E-state index contributed by atoms with van der Waals surface area (Å²) in [4.78, 5) is 4.52. The molecule has 1 aliphatic heterocycles. The lowest BCUT2D eigenvalue weighted by atomic mass is 10.3. The second kappa shape index (κ2) is 3.32. The zero-order chi connectivity index (χ0) is 7.56. The van der Waals surface area contributed by atoms with Gasteiger partial charge < -0.3 is 9.64 Å². The molecule has 3 heteroatoms. The fourth-order valence-corrected chi connectivity index (χ4v) is 1.22. The molecule has 0 aromatic heterocycles. The summed E-state index contributed by atoms with van der Waals surface area (Å²) >= 11 is 0. The molecule has 0 spiro atoms. The minimum atomic E-state index is 0.291. The summed E-state index contributed by atoms with van der Waals surface area (Å²) in [6.45, 7) is 3.28. The van der Waals surface area contributed by atoms with Crippen LogP contribution in [0.4, 0.5) is 0 Å². The van der Waals surface area contributed by atoms with Crippen LogP contribution in [0.2, 0.25) is 0 Å². The topological polar surface area (TPSA) is 15.7 Å². The second-order valence-electron chi connectivity index (χ2n) is 2.93. The molecule has 1 atom stereocenters. The van der Waals surface area contributed by atoms with Crippen molar-refractivity contribution in [2.75, 3.05) is 40.8 Å². The zero-order valence-corrected chi connectivity index (χ0v) is 7.00. The first-order valence-corrected chi connectivity index (χ1v) is 3.65. The average molecular weight is 144 g/mol. The standard InChI is InChI=1S/C7H16N2O/c1-8-4-5-9(2)7(6-8)10-3/h7H,4-6H2,1-3H3. The van der Waals surface area contributed by atoms with Gasteiger partial charge in [-0.2, -0.15) is 0 Å². The zero-order valence-electron chi connectivity index (χ0n) is 7.00. The SMILES string of the molecule is COC1CN(C)CCN1C. The molecule has 60 valence electrons. The quantitative estimate of drug-likeness (QED) is 0.508. The van der Waals surface area contributed by atoms with Crippen molar-refractivity contribution in [2.24, 2.45) is 0 Å². The first kappa shape index (κ1) is 7.98. The van der Waals surface area contributed by atoms with Crippen molar-refractivity contribution in [3.05, 3.63) is 0 Å². The van der Waals surface area contributed by atoms with Gasteiger partial charge in [0.25, 0.3) is 0 Å². The van der Waals surface area contributed by atoms with Gasteiger partial charge in [0.2, 0.25) is 0 Å². The third-order valence-corrected chi connectivity index (χ3v) is 2.07. The second-order valence-corrected chi connectivity index (χ2v) is 2.93. The van der Waals surface area contributed by atoms with Crippen molar-refractivity contribution in [2.45, 2.75) is 6.23 Å². The van der Waals surface area contributed by atoms with E-state index in [-0.39, 0.29) is 0 Å². The first-order chi connectivity index (χ1) is 4.74.